The summed E-state index contributed by atoms with van der Waals surface area (Å²) in [7, 11) is 0. The van der Waals surface area contributed by atoms with Crippen molar-refractivity contribution < 1.29 is 9.53 Å². The normalized spacial score (nSPS) is 20.9. The standard InChI is InChI=1S/C18H26N2O2/c1-18(2,3)22-17(21)20-10-9-16(12-20)19-15-8-7-13-5-4-6-14(13)11-15/h7-8,11,16,19H,4-6,9-10,12H2,1-3H3. The van der Waals surface area contributed by atoms with Crippen LogP contribution in [0, 0.1) is 0 Å². The zero-order chi connectivity index (χ0) is 15.7. The maximum Gasteiger partial charge on any atom is 0.410 e. The van der Waals surface area contributed by atoms with E-state index in [0.717, 1.165) is 13.0 Å². The summed E-state index contributed by atoms with van der Waals surface area (Å²) in [6.07, 6.45) is 4.45. The minimum absolute atomic E-state index is 0.203. The fourth-order valence-corrected chi connectivity index (χ4v) is 3.27. The van der Waals surface area contributed by atoms with Gasteiger partial charge in [-0.25, -0.2) is 4.79 Å². The van der Waals surface area contributed by atoms with Crippen molar-refractivity contribution >= 4 is 11.8 Å². The van der Waals surface area contributed by atoms with E-state index in [2.05, 4.69) is 23.5 Å². The van der Waals surface area contributed by atoms with Crippen LogP contribution in [0.4, 0.5) is 10.5 Å². The van der Waals surface area contributed by atoms with E-state index in [9.17, 15) is 4.79 Å². The first-order valence-corrected chi connectivity index (χ1v) is 8.27. The molecule has 1 aromatic rings. The maximum absolute atomic E-state index is 12.1. The van der Waals surface area contributed by atoms with Gasteiger partial charge in [-0.1, -0.05) is 6.07 Å². The van der Waals surface area contributed by atoms with Crippen LogP contribution in [0.5, 0.6) is 0 Å². The molecule has 1 heterocycles. The van der Waals surface area contributed by atoms with E-state index in [0.29, 0.717) is 12.6 Å². The highest BCUT2D eigenvalue weighted by Gasteiger charge is 2.29. The van der Waals surface area contributed by atoms with Crippen LogP contribution in [-0.4, -0.2) is 35.7 Å². The summed E-state index contributed by atoms with van der Waals surface area (Å²) in [4.78, 5) is 13.9. The van der Waals surface area contributed by atoms with Crippen molar-refractivity contribution in [1.82, 2.24) is 4.90 Å². The van der Waals surface area contributed by atoms with Crippen molar-refractivity contribution in [3.05, 3.63) is 29.3 Å². The second-order valence-corrected chi connectivity index (χ2v) is 7.39. The summed E-state index contributed by atoms with van der Waals surface area (Å²) in [5, 5.41) is 3.57. The molecule has 120 valence electrons. The van der Waals surface area contributed by atoms with Crippen LogP contribution in [0.1, 0.15) is 44.7 Å². The number of aryl methyl sites for hydroxylation is 2. The van der Waals surface area contributed by atoms with Crippen LogP contribution in [0.15, 0.2) is 18.2 Å². The van der Waals surface area contributed by atoms with Crippen molar-refractivity contribution in [2.45, 2.75) is 58.1 Å². The first-order valence-electron chi connectivity index (χ1n) is 8.27. The van der Waals surface area contributed by atoms with Crippen molar-refractivity contribution in [1.29, 1.82) is 0 Å². The maximum atomic E-state index is 12.1. The minimum atomic E-state index is -0.428. The Morgan fingerprint density at radius 1 is 1.27 bits per heavy atom. The molecule has 0 aromatic heterocycles. The lowest BCUT2D eigenvalue weighted by atomic mass is 10.1. The number of hydrogen-bond acceptors (Lipinski definition) is 3. The van der Waals surface area contributed by atoms with Gasteiger partial charge in [-0.05, 0) is 69.7 Å². The summed E-state index contributed by atoms with van der Waals surface area (Å²) in [5.41, 5.74) is 3.72. The van der Waals surface area contributed by atoms with Crippen LogP contribution in [0.25, 0.3) is 0 Å². The van der Waals surface area contributed by atoms with Gasteiger partial charge in [0.2, 0.25) is 0 Å². The van der Waals surface area contributed by atoms with Crippen molar-refractivity contribution in [3.8, 4) is 0 Å². The number of likely N-dealkylation sites (tertiary alicyclic amines) is 1. The lowest BCUT2D eigenvalue weighted by Gasteiger charge is -2.24. The van der Waals surface area contributed by atoms with Gasteiger partial charge in [0.1, 0.15) is 5.60 Å². The molecule has 22 heavy (non-hydrogen) atoms. The number of hydrogen-bond donors (Lipinski definition) is 1. The highest BCUT2D eigenvalue weighted by molar-refractivity contribution is 5.68. The SMILES string of the molecule is CC(C)(C)OC(=O)N1CCC(Nc2ccc3c(c2)CCC3)C1. The predicted molar refractivity (Wildman–Crippen MR) is 88.3 cm³/mol. The molecule has 1 aliphatic heterocycles. The van der Waals surface area contributed by atoms with E-state index in [1.807, 2.05) is 20.8 Å². The Balaban J connectivity index is 1.56. The van der Waals surface area contributed by atoms with Gasteiger partial charge < -0.3 is 15.0 Å². The molecule has 0 bridgehead atoms. The van der Waals surface area contributed by atoms with Gasteiger partial charge in [-0.2, -0.15) is 0 Å². The number of rotatable bonds is 2. The Morgan fingerprint density at radius 2 is 2.05 bits per heavy atom. The van der Waals surface area contributed by atoms with Crippen LogP contribution < -0.4 is 5.32 Å². The van der Waals surface area contributed by atoms with E-state index >= 15 is 0 Å². The fraction of sp³-hybridized carbons (Fsp3) is 0.611. The first kappa shape index (κ1) is 15.2. The van der Waals surface area contributed by atoms with E-state index in [4.69, 9.17) is 4.74 Å². The molecule has 1 fully saturated rings. The van der Waals surface area contributed by atoms with Crippen molar-refractivity contribution in [3.63, 3.8) is 0 Å². The summed E-state index contributed by atoms with van der Waals surface area (Å²) >= 11 is 0. The number of amides is 1. The molecule has 0 spiro atoms. The minimum Gasteiger partial charge on any atom is -0.444 e. The number of anilines is 1. The van der Waals surface area contributed by atoms with Crippen molar-refractivity contribution in [2.75, 3.05) is 18.4 Å². The van der Waals surface area contributed by atoms with E-state index in [-0.39, 0.29) is 6.09 Å². The average molecular weight is 302 g/mol. The molecule has 1 atom stereocenters. The Bertz CT molecular complexity index is 563. The highest BCUT2D eigenvalue weighted by atomic mass is 16.6. The van der Waals surface area contributed by atoms with Gasteiger partial charge in [0.25, 0.3) is 0 Å². The van der Waals surface area contributed by atoms with E-state index in [1.54, 1.807) is 4.90 Å². The largest absolute Gasteiger partial charge is 0.444 e. The van der Waals surface area contributed by atoms with Gasteiger partial charge >= 0.3 is 6.09 Å². The highest BCUT2D eigenvalue weighted by Crippen LogP contribution is 2.26. The lowest BCUT2D eigenvalue weighted by molar-refractivity contribution is 0.0293. The molecule has 0 saturated carbocycles. The smallest absolute Gasteiger partial charge is 0.410 e. The lowest BCUT2D eigenvalue weighted by Crippen LogP contribution is -2.36. The third kappa shape index (κ3) is 3.54. The zero-order valence-corrected chi connectivity index (χ0v) is 13.8. The number of carbonyl (C=O) groups is 1. The van der Waals surface area contributed by atoms with Crippen molar-refractivity contribution in [2.24, 2.45) is 0 Å². The second-order valence-electron chi connectivity index (χ2n) is 7.39. The monoisotopic (exact) mass is 302 g/mol. The molecule has 1 unspecified atom stereocenters. The van der Waals surface area contributed by atoms with Gasteiger partial charge in [-0.15, -0.1) is 0 Å². The molecular formula is C18H26N2O2. The quantitative estimate of drug-likeness (QED) is 0.907. The van der Waals surface area contributed by atoms with E-state index in [1.165, 1.54) is 36.1 Å². The van der Waals surface area contributed by atoms with Crippen LogP contribution >= 0.6 is 0 Å². The molecule has 2 aliphatic rings. The predicted octanol–water partition coefficient (Wildman–Crippen LogP) is 3.60. The van der Waals surface area contributed by atoms with Crippen LogP contribution in [0.2, 0.25) is 0 Å². The molecular weight excluding hydrogens is 276 g/mol. The average Bonchev–Trinajstić information content (AvgIpc) is 3.04. The molecule has 4 heteroatoms. The first-order chi connectivity index (χ1) is 10.4. The molecule has 1 N–H and O–H groups in total. The molecule has 1 aliphatic carbocycles. The third-order valence-corrected chi connectivity index (χ3v) is 4.31. The van der Waals surface area contributed by atoms with Crippen LogP contribution in [0.3, 0.4) is 0 Å². The van der Waals surface area contributed by atoms with Gasteiger partial charge in [-0.3, -0.25) is 0 Å². The number of fused-ring (bicyclic) bond motifs is 1. The molecule has 1 saturated heterocycles. The summed E-state index contributed by atoms with van der Waals surface area (Å²) in [5.74, 6) is 0. The summed E-state index contributed by atoms with van der Waals surface area (Å²) < 4.78 is 5.44. The Hall–Kier alpha value is -1.71. The molecule has 4 nitrogen and oxygen atoms in total. The van der Waals surface area contributed by atoms with Crippen LogP contribution in [-0.2, 0) is 17.6 Å². The summed E-state index contributed by atoms with van der Waals surface area (Å²) in [6.45, 7) is 7.19. The van der Waals surface area contributed by atoms with E-state index < -0.39 is 5.60 Å². The Kier molecular flexibility index (Phi) is 4.02. The Labute approximate surface area is 132 Å². The molecule has 0 radical (unpaired) electrons. The number of ether oxygens (including phenoxy) is 1. The number of carbonyl (C=O) groups excluding carboxylic acids is 1. The summed E-state index contributed by atoms with van der Waals surface area (Å²) in [6, 6.07) is 7.00. The second kappa shape index (κ2) is 5.82. The molecule has 1 amide bonds. The van der Waals surface area contributed by atoms with Gasteiger partial charge in [0.15, 0.2) is 0 Å². The zero-order valence-electron chi connectivity index (χ0n) is 13.8. The molecule has 1 aromatic carbocycles. The Morgan fingerprint density at radius 3 is 2.82 bits per heavy atom. The number of benzene rings is 1. The van der Waals surface area contributed by atoms with Gasteiger partial charge in [0, 0.05) is 24.8 Å². The number of nitrogens with zero attached hydrogens (tertiary/aromatic N) is 1. The fourth-order valence-electron chi connectivity index (χ4n) is 3.27. The number of nitrogens with one attached hydrogen (secondary N) is 1. The van der Waals surface area contributed by atoms with Gasteiger partial charge in [0.05, 0.1) is 0 Å². The third-order valence-electron chi connectivity index (χ3n) is 4.31. The topological polar surface area (TPSA) is 41.6 Å². The molecule has 3 rings (SSSR count).